The van der Waals surface area contributed by atoms with Gasteiger partial charge in [-0.05, 0) is 31.2 Å². The van der Waals surface area contributed by atoms with E-state index in [-0.39, 0.29) is 31.3 Å². The third-order valence-corrected chi connectivity index (χ3v) is 4.49. The lowest BCUT2D eigenvalue weighted by Gasteiger charge is -2.18. The van der Waals surface area contributed by atoms with Crippen molar-refractivity contribution in [2.75, 3.05) is 13.2 Å². The van der Waals surface area contributed by atoms with Gasteiger partial charge in [-0.3, -0.25) is 9.78 Å². The number of amides is 1. The van der Waals surface area contributed by atoms with Crippen LogP contribution in [-0.4, -0.2) is 53.6 Å². The highest BCUT2D eigenvalue weighted by Gasteiger charge is 2.47. The van der Waals surface area contributed by atoms with Gasteiger partial charge in [-0.25, -0.2) is 4.39 Å². The summed E-state index contributed by atoms with van der Waals surface area (Å²) in [7, 11) is 0. The molecular formula is C17H17FN2O4. The average Bonchev–Trinajstić information content (AvgIpc) is 3.11. The van der Waals surface area contributed by atoms with Gasteiger partial charge in [0.2, 0.25) is 0 Å². The number of rotatable bonds is 2. The van der Waals surface area contributed by atoms with Gasteiger partial charge in [-0.2, -0.15) is 0 Å². The summed E-state index contributed by atoms with van der Waals surface area (Å²) in [5, 5.41) is 13.1. The lowest BCUT2D eigenvalue weighted by atomic mass is 10.0. The second-order valence-electron chi connectivity index (χ2n) is 6.22. The molecule has 2 N–H and O–H groups in total. The molecule has 2 aliphatic rings. The van der Waals surface area contributed by atoms with Crippen LogP contribution in [0.15, 0.2) is 24.3 Å². The van der Waals surface area contributed by atoms with Gasteiger partial charge in [0.25, 0.3) is 5.91 Å². The van der Waals surface area contributed by atoms with Gasteiger partial charge in [-0.15, -0.1) is 0 Å². The minimum absolute atomic E-state index is 0.199. The van der Waals surface area contributed by atoms with E-state index in [1.165, 1.54) is 12.1 Å². The van der Waals surface area contributed by atoms with E-state index in [0.717, 1.165) is 0 Å². The number of aromatic nitrogens is 1. The van der Waals surface area contributed by atoms with Crippen LogP contribution in [0.5, 0.6) is 0 Å². The first kappa shape index (κ1) is 15.4. The molecule has 1 amide bonds. The fraction of sp³-hybridized carbons (Fsp3) is 0.412. The van der Waals surface area contributed by atoms with Gasteiger partial charge < -0.3 is 19.9 Å². The van der Waals surface area contributed by atoms with E-state index in [1.54, 1.807) is 19.1 Å². The number of nitrogens with zero attached hydrogens (tertiary/aromatic N) is 1. The van der Waals surface area contributed by atoms with Crippen LogP contribution in [0.2, 0.25) is 0 Å². The zero-order chi connectivity index (χ0) is 16.8. The summed E-state index contributed by atoms with van der Waals surface area (Å²) >= 11 is 0. The van der Waals surface area contributed by atoms with Gasteiger partial charge >= 0.3 is 0 Å². The van der Waals surface area contributed by atoms with E-state index >= 15 is 0 Å². The van der Waals surface area contributed by atoms with Crippen LogP contribution in [-0.2, 0) is 9.47 Å². The molecule has 4 atom stereocenters. The quantitative estimate of drug-likeness (QED) is 0.855. The van der Waals surface area contributed by atoms with E-state index in [1.807, 2.05) is 0 Å². The number of benzene rings is 1. The number of carbonyl (C=O) groups is 1. The lowest BCUT2D eigenvalue weighted by Crippen LogP contribution is -2.44. The first-order valence-corrected chi connectivity index (χ1v) is 7.82. The Bertz CT molecular complexity index is 813. The molecule has 0 bridgehead atoms. The number of aryl methyl sites for hydroxylation is 1. The second kappa shape index (κ2) is 5.77. The highest BCUT2D eigenvalue weighted by Crippen LogP contribution is 2.27. The molecule has 24 heavy (non-hydrogen) atoms. The molecule has 2 aliphatic heterocycles. The van der Waals surface area contributed by atoms with Crippen LogP contribution < -0.4 is 5.32 Å². The topological polar surface area (TPSA) is 80.7 Å². The fourth-order valence-electron chi connectivity index (χ4n) is 3.37. The first-order chi connectivity index (χ1) is 11.5. The summed E-state index contributed by atoms with van der Waals surface area (Å²) < 4.78 is 24.6. The summed E-state index contributed by atoms with van der Waals surface area (Å²) in [6.07, 6.45) is -1.45. The molecule has 0 spiro atoms. The highest BCUT2D eigenvalue weighted by molar-refractivity contribution is 6.06. The molecule has 0 unspecified atom stereocenters. The fourth-order valence-corrected chi connectivity index (χ4v) is 3.37. The van der Waals surface area contributed by atoms with Gasteiger partial charge in [0.15, 0.2) is 0 Å². The van der Waals surface area contributed by atoms with Gasteiger partial charge in [0.1, 0.15) is 24.1 Å². The Morgan fingerprint density at radius 3 is 2.92 bits per heavy atom. The van der Waals surface area contributed by atoms with Crippen LogP contribution in [0.25, 0.3) is 10.9 Å². The lowest BCUT2D eigenvalue weighted by molar-refractivity contribution is 0.0178. The Morgan fingerprint density at radius 1 is 1.29 bits per heavy atom. The average molecular weight is 332 g/mol. The number of aliphatic hydroxyl groups excluding tert-OH is 1. The molecule has 0 aliphatic carbocycles. The standard InChI is InChI=1S/C17H17FN2O4/c1-8-4-11(10-5-9(18)2-3-12(10)19-8)17(22)20-13-6-23-16-14(21)7-24-15(13)16/h2-5,13-16,21H,6-7H2,1H3,(H,20,22)/t13-,14-,15-,16-/m1/s1. The van der Waals surface area contributed by atoms with E-state index in [4.69, 9.17) is 9.47 Å². The van der Waals surface area contributed by atoms with Crippen molar-refractivity contribution in [2.24, 2.45) is 0 Å². The summed E-state index contributed by atoms with van der Waals surface area (Å²) in [5.41, 5.74) is 1.60. The van der Waals surface area contributed by atoms with Crippen molar-refractivity contribution in [1.29, 1.82) is 0 Å². The van der Waals surface area contributed by atoms with Crippen molar-refractivity contribution in [3.63, 3.8) is 0 Å². The van der Waals surface area contributed by atoms with Crippen molar-refractivity contribution in [2.45, 2.75) is 31.3 Å². The Hall–Kier alpha value is -2.09. The molecule has 3 heterocycles. The third-order valence-electron chi connectivity index (χ3n) is 4.49. The molecule has 126 valence electrons. The molecule has 4 rings (SSSR count). The van der Waals surface area contributed by atoms with Gasteiger partial charge in [-0.1, -0.05) is 0 Å². The minimum atomic E-state index is -0.671. The molecule has 1 aromatic carbocycles. The zero-order valence-corrected chi connectivity index (χ0v) is 13.0. The van der Waals surface area contributed by atoms with Crippen molar-refractivity contribution < 1.29 is 23.8 Å². The van der Waals surface area contributed by atoms with E-state index in [9.17, 15) is 14.3 Å². The SMILES string of the molecule is Cc1cc(C(=O)N[C@@H]2CO[C@H]3[C@@H]2OC[C@H]3O)c2cc(F)ccc2n1. The Kier molecular flexibility index (Phi) is 3.71. The maximum absolute atomic E-state index is 13.6. The zero-order valence-electron chi connectivity index (χ0n) is 13.0. The molecule has 0 saturated carbocycles. The van der Waals surface area contributed by atoms with Crippen LogP contribution in [0.1, 0.15) is 16.1 Å². The molecule has 7 heteroatoms. The van der Waals surface area contributed by atoms with Crippen LogP contribution in [0.4, 0.5) is 4.39 Å². The molecule has 2 saturated heterocycles. The molecule has 0 radical (unpaired) electrons. The van der Waals surface area contributed by atoms with E-state index < -0.39 is 18.0 Å². The summed E-state index contributed by atoms with van der Waals surface area (Å²) in [5.74, 6) is -0.760. The number of pyridine rings is 1. The van der Waals surface area contributed by atoms with Crippen molar-refractivity contribution in [1.82, 2.24) is 10.3 Å². The Morgan fingerprint density at radius 2 is 2.08 bits per heavy atom. The first-order valence-electron chi connectivity index (χ1n) is 7.82. The number of aliphatic hydroxyl groups is 1. The molecule has 2 fully saturated rings. The smallest absolute Gasteiger partial charge is 0.252 e. The molecule has 2 aromatic rings. The number of carbonyl (C=O) groups excluding carboxylic acids is 1. The second-order valence-corrected chi connectivity index (χ2v) is 6.22. The maximum Gasteiger partial charge on any atom is 0.252 e. The maximum atomic E-state index is 13.6. The van der Waals surface area contributed by atoms with E-state index in [2.05, 4.69) is 10.3 Å². The van der Waals surface area contributed by atoms with Crippen molar-refractivity contribution in [3.8, 4) is 0 Å². The minimum Gasteiger partial charge on any atom is -0.388 e. The molecule has 1 aromatic heterocycles. The number of hydrogen-bond donors (Lipinski definition) is 2. The predicted octanol–water partition coefficient (Wildman–Crippen LogP) is 0.939. The number of nitrogens with one attached hydrogen (secondary N) is 1. The number of fused-ring (bicyclic) bond motifs is 2. The van der Waals surface area contributed by atoms with Crippen molar-refractivity contribution in [3.05, 3.63) is 41.3 Å². The Labute approximate surface area is 137 Å². The van der Waals surface area contributed by atoms with Gasteiger partial charge in [0, 0.05) is 11.1 Å². The van der Waals surface area contributed by atoms with Crippen LogP contribution >= 0.6 is 0 Å². The van der Waals surface area contributed by atoms with Crippen LogP contribution in [0.3, 0.4) is 0 Å². The predicted molar refractivity (Wildman–Crippen MR) is 83.2 cm³/mol. The van der Waals surface area contributed by atoms with Gasteiger partial charge in [0.05, 0.1) is 30.3 Å². The summed E-state index contributed by atoms with van der Waals surface area (Å²) in [6.45, 7) is 2.25. The summed E-state index contributed by atoms with van der Waals surface area (Å²) in [4.78, 5) is 17.0. The monoisotopic (exact) mass is 332 g/mol. The third kappa shape index (κ3) is 2.54. The van der Waals surface area contributed by atoms with Crippen molar-refractivity contribution >= 4 is 16.8 Å². The number of ether oxygens (including phenoxy) is 2. The Balaban J connectivity index is 1.63. The number of halogens is 1. The normalized spacial score (nSPS) is 29.0. The van der Waals surface area contributed by atoms with Crippen LogP contribution in [0, 0.1) is 12.7 Å². The largest absolute Gasteiger partial charge is 0.388 e. The molecule has 6 nitrogen and oxygen atoms in total. The number of hydrogen-bond acceptors (Lipinski definition) is 5. The summed E-state index contributed by atoms with van der Waals surface area (Å²) in [6, 6.07) is 5.46. The molecular weight excluding hydrogens is 315 g/mol. The van der Waals surface area contributed by atoms with E-state index in [0.29, 0.717) is 22.2 Å². The highest BCUT2D eigenvalue weighted by atomic mass is 19.1.